The third-order valence-corrected chi connectivity index (χ3v) is 2.51. The SMILES string of the molecule is CCCCC(=O)N/N=C/c1ccc(OCCC)cc1. The Morgan fingerprint density at radius 3 is 2.63 bits per heavy atom. The second kappa shape index (κ2) is 9.14. The normalized spacial score (nSPS) is 10.6. The van der Waals surface area contributed by atoms with Crippen LogP contribution in [0.4, 0.5) is 0 Å². The van der Waals surface area contributed by atoms with Crippen LogP contribution in [-0.4, -0.2) is 18.7 Å². The van der Waals surface area contributed by atoms with Crippen molar-refractivity contribution in [2.75, 3.05) is 6.61 Å². The molecule has 0 aromatic heterocycles. The van der Waals surface area contributed by atoms with E-state index in [9.17, 15) is 4.79 Å². The number of ether oxygens (including phenoxy) is 1. The summed E-state index contributed by atoms with van der Waals surface area (Å²) in [6.45, 7) is 4.85. The first-order chi connectivity index (χ1) is 9.26. The summed E-state index contributed by atoms with van der Waals surface area (Å²) < 4.78 is 5.48. The van der Waals surface area contributed by atoms with Gasteiger partial charge in [-0.2, -0.15) is 5.10 Å². The summed E-state index contributed by atoms with van der Waals surface area (Å²) in [5, 5.41) is 3.92. The van der Waals surface area contributed by atoms with Crippen LogP contribution in [0.2, 0.25) is 0 Å². The number of carbonyl (C=O) groups is 1. The number of amides is 1. The predicted octanol–water partition coefficient (Wildman–Crippen LogP) is 3.12. The van der Waals surface area contributed by atoms with E-state index in [1.54, 1.807) is 6.21 Å². The molecule has 4 heteroatoms. The molecule has 0 saturated heterocycles. The molecule has 0 bridgehead atoms. The molecule has 0 aliphatic heterocycles. The summed E-state index contributed by atoms with van der Waals surface area (Å²) >= 11 is 0. The molecule has 19 heavy (non-hydrogen) atoms. The topological polar surface area (TPSA) is 50.7 Å². The molecular formula is C15H22N2O2. The Hall–Kier alpha value is -1.84. The van der Waals surface area contributed by atoms with Gasteiger partial charge in [0.1, 0.15) is 5.75 Å². The van der Waals surface area contributed by atoms with E-state index >= 15 is 0 Å². The van der Waals surface area contributed by atoms with E-state index < -0.39 is 0 Å². The third-order valence-electron chi connectivity index (χ3n) is 2.51. The van der Waals surface area contributed by atoms with E-state index in [4.69, 9.17) is 4.74 Å². The summed E-state index contributed by atoms with van der Waals surface area (Å²) in [7, 11) is 0. The lowest BCUT2D eigenvalue weighted by atomic mass is 10.2. The highest BCUT2D eigenvalue weighted by molar-refractivity contribution is 5.82. The van der Waals surface area contributed by atoms with Gasteiger partial charge in [-0.25, -0.2) is 5.43 Å². The fourth-order valence-electron chi connectivity index (χ4n) is 1.44. The molecule has 1 amide bonds. The average molecular weight is 262 g/mol. The maximum absolute atomic E-state index is 11.3. The molecule has 1 N–H and O–H groups in total. The summed E-state index contributed by atoms with van der Waals surface area (Å²) in [5.41, 5.74) is 3.44. The van der Waals surface area contributed by atoms with Crippen LogP contribution in [-0.2, 0) is 4.79 Å². The van der Waals surface area contributed by atoms with Gasteiger partial charge >= 0.3 is 0 Å². The first kappa shape index (κ1) is 15.2. The van der Waals surface area contributed by atoms with Gasteiger partial charge in [0.05, 0.1) is 12.8 Å². The first-order valence-electron chi connectivity index (χ1n) is 6.81. The van der Waals surface area contributed by atoms with Crippen LogP contribution in [0.25, 0.3) is 0 Å². The van der Waals surface area contributed by atoms with Crippen molar-refractivity contribution in [1.82, 2.24) is 5.43 Å². The van der Waals surface area contributed by atoms with Crippen LogP contribution in [0.1, 0.15) is 45.1 Å². The Kier molecular flexibility index (Phi) is 7.32. The van der Waals surface area contributed by atoms with Crippen molar-refractivity contribution in [2.45, 2.75) is 39.5 Å². The minimum atomic E-state index is -0.0407. The summed E-state index contributed by atoms with van der Waals surface area (Å²) in [4.78, 5) is 11.3. The Morgan fingerprint density at radius 1 is 1.26 bits per heavy atom. The molecule has 104 valence electrons. The van der Waals surface area contributed by atoms with Crippen molar-refractivity contribution in [3.05, 3.63) is 29.8 Å². The Morgan fingerprint density at radius 2 is 2.00 bits per heavy atom. The molecule has 0 atom stereocenters. The molecule has 1 rings (SSSR count). The molecule has 0 unspecified atom stereocenters. The van der Waals surface area contributed by atoms with Gasteiger partial charge < -0.3 is 4.74 Å². The third kappa shape index (κ3) is 6.60. The molecule has 0 saturated carbocycles. The van der Waals surface area contributed by atoms with Crippen LogP contribution >= 0.6 is 0 Å². The second-order valence-electron chi connectivity index (χ2n) is 4.31. The van der Waals surface area contributed by atoms with Gasteiger partial charge in [-0.05, 0) is 42.7 Å². The molecule has 0 fully saturated rings. The van der Waals surface area contributed by atoms with Crippen LogP contribution in [0.15, 0.2) is 29.4 Å². The number of nitrogens with zero attached hydrogens (tertiary/aromatic N) is 1. The molecule has 1 aromatic carbocycles. The summed E-state index contributed by atoms with van der Waals surface area (Å²) in [5.74, 6) is 0.812. The van der Waals surface area contributed by atoms with Crippen molar-refractivity contribution in [1.29, 1.82) is 0 Å². The van der Waals surface area contributed by atoms with E-state index in [0.717, 1.165) is 37.2 Å². The highest BCUT2D eigenvalue weighted by atomic mass is 16.5. The van der Waals surface area contributed by atoms with E-state index in [-0.39, 0.29) is 5.91 Å². The largest absolute Gasteiger partial charge is 0.494 e. The lowest BCUT2D eigenvalue weighted by molar-refractivity contribution is -0.121. The molecule has 1 aromatic rings. The van der Waals surface area contributed by atoms with Crippen molar-refractivity contribution < 1.29 is 9.53 Å². The fourth-order valence-corrected chi connectivity index (χ4v) is 1.44. The van der Waals surface area contributed by atoms with E-state index in [1.165, 1.54) is 0 Å². The van der Waals surface area contributed by atoms with Gasteiger partial charge in [-0.1, -0.05) is 20.3 Å². The highest BCUT2D eigenvalue weighted by Gasteiger charge is 1.97. The van der Waals surface area contributed by atoms with E-state index in [0.29, 0.717) is 6.42 Å². The molecule has 0 spiro atoms. The smallest absolute Gasteiger partial charge is 0.240 e. The zero-order valence-electron chi connectivity index (χ0n) is 11.7. The van der Waals surface area contributed by atoms with E-state index in [1.807, 2.05) is 24.3 Å². The molecule has 4 nitrogen and oxygen atoms in total. The number of hydrogen-bond donors (Lipinski definition) is 1. The van der Waals surface area contributed by atoms with Gasteiger partial charge in [-0.3, -0.25) is 4.79 Å². The molecule has 0 radical (unpaired) electrons. The van der Waals surface area contributed by atoms with Gasteiger partial charge in [0.2, 0.25) is 5.91 Å². The number of nitrogens with one attached hydrogen (secondary N) is 1. The zero-order chi connectivity index (χ0) is 13.9. The Balaban J connectivity index is 2.37. The Bertz CT molecular complexity index is 399. The number of benzene rings is 1. The Labute approximate surface area is 114 Å². The van der Waals surface area contributed by atoms with Crippen molar-refractivity contribution in [3.63, 3.8) is 0 Å². The average Bonchev–Trinajstić information content (AvgIpc) is 2.44. The minimum Gasteiger partial charge on any atom is -0.494 e. The van der Waals surface area contributed by atoms with Crippen LogP contribution in [0, 0.1) is 0 Å². The maximum atomic E-state index is 11.3. The standard InChI is InChI=1S/C15H22N2O2/c1-3-5-6-15(18)17-16-12-13-7-9-14(10-8-13)19-11-4-2/h7-10,12H,3-6,11H2,1-2H3,(H,17,18)/b16-12+. The maximum Gasteiger partial charge on any atom is 0.240 e. The van der Waals surface area contributed by atoms with Gasteiger partial charge in [-0.15, -0.1) is 0 Å². The summed E-state index contributed by atoms with van der Waals surface area (Å²) in [6, 6.07) is 7.62. The minimum absolute atomic E-state index is 0.0407. The fraction of sp³-hybridized carbons (Fsp3) is 0.467. The van der Waals surface area contributed by atoms with E-state index in [2.05, 4.69) is 24.4 Å². The quantitative estimate of drug-likeness (QED) is 0.578. The zero-order valence-corrected chi connectivity index (χ0v) is 11.7. The van der Waals surface area contributed by atoms with Gasteiger partial charge in [0.25, 0.3) is 0 Å². The number of rotatable bonds is 8. The molecule has 0 aliphatic carbocycles. The second-order valence-corrected chi connectivity index (χ2v) is 4.31. The molecular weight excluding hydrogens is 240 g/mol. The van der Waals surface area contributed by atoms with Crippen molar-refractivity contribution in [3.8, 4) is 5.75 Å². The highest BCUT2D eigenvalue weighted by Crippen LogP contribution is 2.11. The number of hydrogen-bond acceptors (Lipinski definition) is 3. The van der Waals surface area contributed by atoms with Crippen molar-refractivity contribution in [2.24, 2.45) is 5.10 Å². The lowest BCUT2D eigenvalue weighted by Crippen LogP contribution is -2.16. The van der Waals surface area contributed by atoms with Crippen molar-refractivity contribution >= 4 is 12.1 Å². The molecule has 0 heterocycles. The van der Waals surface area contributed by atoms with Crippen LogP contribution in [0.5, 0.6) is 5.75 Å². The summed E-state index contributed by atoms with van der Waals surface area (Å²) in [6.07, 6.45) is 5.05. The monoisotopic (exact) mass is 262 g/mol. The lowest BCUT2D eigenvalue weighted by Gasteiger charge is -2.03. The number of unbranched alkanes of at least 4 members (excludes halogenated alkanes) is 1. The number of hydrazone groups is 1. The van der Waals surface area contributed by atoms with Gasteiger partial charge in [0.15, 0.2) is 0 Å². The van der Waals surface area contributed by atoms with Crippen LogP contribution in [0.3, 0.4) is 0 Å². The number of carbonyl (C=O) groups excluding carboxylic acids is 1. The van der Waals surface area contributed by atoms with Gasteiger partial charge in [0, 0.05) is 6.42 Å². The molecule has 0 aliphatic rings. The van der Waals surface area contributed by atoms with Crippen LogP contribution < -0.4 is 10.2 Å². The first-order valence-corrected chi connectivity index (χ1v) is 6.81. The predicted molar refractivity (Wildman–Crippen MR) is 77.5 cm³/mol.